The number of unbranched alkanes of at least 4 members (excludes halogenated alkanes) is 3. The molecule has 3 rings (SSSR count). The number of aryl methyl sites for hydroxylation is 1. The number of ether oxygens (including phenoxy) is 2. The molecule has 0 radical (unpaired) electrons. The van der Waals surface area contributed by atoms with E-state index in [2.05, 4.69) is 52.6 Å². The molecule has 0 aromatic heterocycles. The Hall–Kier alpha value is -5.33. The predicted molar refractivity (Wildman–Crippen MR) is 160 cm³/mol. The standard InChI is InChI=1S/C19H18N4O9.C11H16/c1-2-3-7-31-19(26)21-14-6-4-5-13(10-14)20-18(25)12-8-15(22(27)28)17(32-11-24)16(9-12)23(29)30;1-2-3-5-8-11-9-6-4-7-10-11/h4-6,8-11H,2-3,7H2,1H3,(H,20,25)(H,21,26);4,6-7,9-10H,2-3,5,8H2,1H3. The maximum Gasteiger partial charge on any atom is 0.411 e. The van der Waals surface area contributed by atoms with Crippen LogP contribution in [-0.2, 0) is 16.0 Å². The highest BCUT2D eigenvalue weighted by atomic mass is 16.6. The normalized spacial score (nSPS) is 10.0. The van der Waals surface area contributed by atoms with Crippen LogP contribution in [0.5, 0.6) is 5.75 Å². The average molecular weight is 595 g/mol. The fraction of sp³-hybridized carbons (Fsp3) is 0.300. The first kappa shape index (κ1) is 33.9. The molecule has 0 saturated carbocycles. The highest BCUT2D eigenvalue weighted by Crippen LogP contribution is 2.38. The van der Waals surface area contributed by atoms with Gasteiger partial charge in [-0.15, -0.1) is 0 Å². The molecule has 0 atom stereocenters. The van der Waals surface area contributed by atoms with E-state index in [1.807, 2.05) is 6.92 Å². The Bertz CT molecular complexity index is 1360. The molecule has 13 nitrogen and oxygen atoms in total. The monoisotopic (exact) mass is 594 g/mol. The van der Waals surface area contributed by atoms with E-state index < -0.39 is 44.5 Å². The number of hydrogen-bond donors (Lipinski definition) is 2. The van der Waals surface area contributed by atoms with Crippen LogP contribution < -0.4 is 15.4 Å². The maximum atomic E-state index is 12.6. The smallest absolute Gasteiger partial charge is 0.411 e. The van der Waals surface area contributed by atoms with Crippen LogP contribution in [0.4, 0.5) is 27.5 Å². The number of hydrogen-bond acceptors (Lipinski definition) is 9. The maximum absolute atomic E-state index is 12.6. The van der Waals surface area contributed by atoms with Crippen LogP contribution in [0.25, 0.3) is 0 Å². The number of nitrogens with one attached hydrogen (secondary N) is 2. The fourth-order valence-corrected chi connectivity index (χ4v) is 3.73. The molecule has 0 bridgehead atoms. The van der Waals surface area contributed by atoms with E-state index in [9.17, 15) is 34.6 Å². The molecule has 0 aliphatic heterocycles. The summed E-state index contributed by atoms with van der Waals surface area (Å²) in [5.41, 5.74) is -0.306. The van der Waals surface area contributed by atoms with Gasteiger partial charge in [0.05, 0.1) is 22.0 Å². The highest BCUT2D eigenvalue weighted by molar-refractivity contribution is 6.06. The van der Waals surface area contributed by atoms with E-state index in [-0.39, 0.29) is 18.8 Å². The average Bonchev–Trinajstić information content (AvgIpc) is 2.98. The van der Waals surface area contributed by atoms with Crippen molar-refractivity contribution in [2.45, 2.75) is 52.4 Å². The largest absolute Gasteiger partial charge is 0.449 e. The van der Waals surface area contributed by atoms with Gasteiger partial charge in [-0.2, -0.15) is 0 Å². The second-order valence-corrected chi connectivity index (χ2v) is 9.16. The van der Waals surface area contributed by atoms with Crippen molar-refractivity contribution >= 4 is 41.2 Å². The number of nitro groups is 2. The van der Waals surface area contributed by atoms with Crippen LogP contribution in [0, 0.1) is 20.2 Å². The van der Waals surface area contributed by atoms with Crippen molar-refractivity contribution in [3.05, 3.63) is 98.1 Å². The minimum Gasteiger partial charge on any atom is -0.449 e. The molecule has 0 fully saturated rings. The summed E-state index contributed by atoms with van der Waals surface area (Å²) in [6, 6.07) is 18.1. The zero-order chi connectivity index (χ0) is 31.6. The summed E-state index contributed by atoms with van der Waals surface area (Å²) in [6.07, 6.45) is 6.13. The minimum atomic E-state index is -1.02. The summed E-state index contributed by atoms with van der Waals surface area (Å²) in [5, 5.41) is 27.4. The van der Waals surface area contributed by atoms with Crippen molar-refractivity contribution in [3.63, 3.8) is 0 Å². The molecule has 3 aromatic rings. The summed E-state index contributed by atoms with van der Waals surface area (Å²) in [7, 11) is 0. The van der Waals surface area contributed by atoms with Crippen LogP contribution in [0.3, 0.4) is 0 Å². The van der Waals surface area contributed by atoms with E-state index in [1.54, 1.807) is 0 Å². The van der Waals surface area contributed by atoms with Crippen molar-refractivity contribution in [2.75, 3.05) is 17.2 Å². The number of carbonyl (C=O) groups excluding carboxylic acids is 3. The molecule has 0 heterocycles. The highest BCUT2D eigenvalue weighted by Gasteiger charge is 2.30. The van der Waals surface area contributed by atoms with Gasteiger partial charge in [0.25, 0.3) is 18.1 Å². The van der Waals surface area contributed by atoms with Gasteiger partial charge in [-0.25, -0.2) is 4.79 Å². The van der Waals surface area contributed by atoms with E-state index in [0.717, 1.165) is 18.6 Å². The van der Waals surface area contributed by atoms with Gasteiger partial charge in [0, 0.05) is 23.5 Å². The molecule has 2 N–H and O–H groups in total. The lowest BCUT2D eigenvalue weighted by Gasteiger charge is -2.10. The molecule has 0 aliphatic carbocycles. The number of rotatable bonds is 14. The second-order valence-electron chi connectivity index (χ2n) is 9.16. The molecule has 0 spiro atoms. The summed E-state index contributed by atoms with van der Waals surface area (Å²) < 4.78 is 9.36. The van der Waals surface area contributed by atoms with Crippen LogP contribution >= 0.6 is 0 Å². The molecular formula is C30H34N4O9. The van der Waals surface area contributed by atoms with Gasteiger partial charge in [-0.05, 0) is 43.0 Å². The minimum absolute atomic E-state index is 0.194. The quantitative estimate of drug-likeness (QED) is 0.0854. The van der Waals surface area contributed by atoms with Gasteiger partial charge in [-0.3, -0.25) is 35.1 Å². The summed E-state index contributed by atoms with van der Waals surface area (Å²) in [4.78, 5) is 55.4. The zero-order valence-corrected chi connectivity index (χ0v) is 23.9. The zero-order valence-electron chi connectivity index (χ0n) is 23.9. The lowest BCUT2D eigenvalue weighted by atomic mass is 10.1. The van der Waals surface area contributed by atoms with E-state index in [4.69, 9.17) is 4.74 Å². The Morgan fingerprint density at radius 1 is 0.814 bits per heavy atom. The van der Waals surface area contributed by atoms with E-state index in [1.165, 1.54) is 55.5 Å². The summed E-state index contributed by atoms with van der Waals surface area (Å²) >= 11 is 0. The van der Waals surface area contributed by atoms with Crippen LogP contribution in [-0.4, -0.2) is 34.9 Å². The molecule has 2 amide bonds. The summed E-state index contributed by atoms with van der Waals surface area (Å²) in [6.45, 7) is 4.24. The first-order valence-corrected chi connectivity index (χ1v) is 13.7. The number of nitro benzene ring substituents is 2. The third-order valence-corrected chi connectivity index (χ3v) is 5.88. The first-order chi connectivity index (χ1) is 20.7. The molecule has 0 saturated heterocycles. The Kier molecular flexibility index (Phi) is 14.3. The second kappa shape index (κ2) is 18.2. The van der Waals surface area contributed by atoms with Crippen molar-refractivity contribution in [2.24, 2.45) is 0 Å². The van der Waals surface area contributed by atoms with Gasteiger partial charge < -0.3 is 14.8 Å². The summed E-state index contributed by atoms with van der Waals surface area (Å²) in [5.74, 6) is -1.80. The number of nitrogens with zero attached hydrogens (tertiary/aromatic N) is 2. The Balaban J connectivity index is 0.000000490. The van der Waals surface area contributed by atoms with Crippen LogP contribution in [0.1, 0.15) is 61.9 Å². The molecular weight excluding hydrogens is 560 g/mol. The Labute approximate surface area is 248 Å². The van der Waals surface area contributed by atoms with Gasteiger partial charge in [0.2, 0.25) is 0 Å². The number of anilines is 2. The lowest BCUT2D eigenvalue weighted by molar-refractivity contribution is -0.395. The number of amides is 2. The molecule has 0 aliphatic rings. The number of carbonyl (C=O) groups is 3. The van der Waals surface area contributed by atoms with Gasteiger partial charge in [0.1, 0.15) is 0 Å². The van der Waals surface area contributed by atoms with E-state index >= 15 is 0 Å². The van der Waals surface area contributed by atoms with Gasteiger partial charge in [0.15, 0.2) is 0 Å². The topological polar surface area (TPSA) is 180 Å². The Morgan fingerprint density at radius 2 is 1.42 bits per heavy atom. The predicted octanol–water partition coefficient (Wildman–Crippen LogP) is 7.06. The number of benzene rings is 3. The van der Waals surface area contributed by atoms with E-state index in [0.29, 0.717) is 12.1 Å². The molecule has 3 aromatic carbocycles. The van der Waals surface area contributed by atoms with Gasteiger partial charge in [-0.1, -0.05) is 69.5 Å². The van der Waals surface area contributed by atoms with Crippen molar-refractivity contribution in [1.29, 1.82) is 0 Å². The molecule has 0 unspecified atom stereocenters. The molecule has 13 heteroatoms. The molecule has 228 valence electrons. The first-order valence-electron chi connectivity index (χ1n) is 13.7. The van der Waals surface area contributed by atoms with Crippen molar-refractivity contribution < 1.29 is 33.7 Å². The van der Waals surface area contributed by atoms with Crippen molar-refractivity contribution in [1.82, 2.24) is 0 Å². The van der Waals surface area contributed by atoms with Crippen molar-refractivity contribution in [3.8, 4) is 5.75 Å². The lowest BCUT2D eigenvalue weighted by Crippen LogP contribution is -2.15. The van der Waals surface area contributed by atoms with Gasteiger partial charge >= 0.3 is 17.5 Å². The third kappa shape index (κ3) is 11.6. The fourth-order valence-electron chi connectivity index (χ4n) is 3.73. The third-order valence-electron chi connectivity index (χ3n) is 5.88. The van der Waals surface area contributed by atoms with Crippen LogP contribution in [0.2, 0.25) is 0 Å². The SMILES string of the molecule is CCCCCc1ccccc1.CCCCOC(=O)Nc1cccc(NC(=O)c2cc([N+](=O)[O-])c(OC=O)c([N+](=O)[O-])c2)c1. The molecule has 43 heavy (non-hydrogen) atoms. The Morgan fingerprint density at radius 3 is 1.98 bits per heavy atom. The van der Waals surface area contributed by atoms with Crippen LogP contribution in [0.15, 0.2) is 66.7 Å².